The third-order valence-electron chi connectivity index (χ3n) is 3.66. The van der Waals surface area contributed by atoms with Crippen LogP contribution in [0.2, 0.25) is 0 Å². The molecule has 0 bridgehead atoms. The summed E-state index contributed by atoms with van der Waals surface area (Å²) in [4.78, 5) is 14.3. The summed E-state index contributed by atoms with van der Waals surface area (Å²) in [6.45, 7) is 6.63. The summed E-state index contributed by atoms with van der Waals surface area (Å²) in [7, 11) is 3.89. The summed E-state index contributed by atoms with van der Waals surface area (Å²) < 4.78 is 0. The Morgan fingerprint density at radius 1 is 1.33 bits per heavy atom. The number of rotatable bonds is 5. The van der Waals surface area contributed by atoms with Crippen molar-refractivity contribution in [3.05, 3.63) is 0 Å². The zero-order chi connectivity index (χ0) is 13.5. The lowest BCUT2D eigenvalue weighted by atomic mass is 10.0. The van der Waals surface area contributed by atoms with Gasteiger partial charge in [0, 0.05) is 13.1 Å². The fourth-order valence-electron chi connectivity index (χ4n) is 2.59. The topological polar surface area (TPSA) is 44.4 Å². The third kappa shape index (κ3) is 5.36. The van der Waals surface area contributed by atoms with E-state index in [1.165, 1.54) is 19.4 Å². The summed E-state index contributed by atoms with van der Waals surface area (Å²) in [6, 6.07) is 0.444. The maximum atomic E-state index is 11.9. The minimum Gasteiger partial charge on any atom is -0.358 e. The molecule has 0 spiro atoms. The molecule has 18 heavy (non-hydrogen) atoms. The molecule has 0 aromatic rings. The van der Waals surface area contributed by atoms with E-state index in [1.54, 1.807) is 7.05 Å². The normalized spacial score (nSPS) is 23.7. The second-order valence-corrected chi connectivity index (χ2v) is 5.89. The molecule has 1 rings (SSSR count). The van der Waals surface area contributed by atoms with E-state index in [2.05, 4.69) is 36.4 Å². The molecule has 0 radical (unpaired) electrons. The Kier molecular flexibility index (Phi) is 6.65. The molecule has 2 unspecified atom stereocenters. The molecular formula is C14H29N3O. The quantitative estimate of drug-likeness (QED) is 0.776. The number of likely N-dealkylation sites (N-methyl/N-ethyl adjacent to an activating group) is 1. The van der Waals surface area contributed by atoms with E-state index in [9.17, 15) is 4.79 Å². The molecule has 0 saturated carbocycles. The predicted molar refractivity (Wildman–Crippen MR) is 75.6 cm³/mol. The van der Waals surface area contributed by atoms with E-state index in [-0.39, 0.29) is 11.9 Å². The Bertz CT molecular complexity index is 255. The van der Waals surface area contributed by atoms with Crippen LogP contribution >= 0.6 is 0 Å². The summed E-state index contributed by atoms with van der Waals surface area (Å²) in [5.41, 5.74) is 0. The number of carbonyl (C=O) groups excluding carboxylic acids is 1. The van der Waals surface area contributed by atoms with Crippen LogP contribution in [0.4, 0.5) is 0 Å². The molecule has 1 fully saturated rings. The molecule has 2 atom stereocenters. The minimum atomic E-state index is -0.0385. The van der Waals surface area contributed by atoms with E-state index in [4.69, 9.17) is 0 Å². The lowest BCUT2D eigenvalue weighted by Gasteiger charge is -2.25. The zero-order valence-corrected chi connectivity index (χ0v) is 12.3. The Hall–Kier alpha value is -0.610. The molecule has 106 valence electrons. The lowest BCUT2D eigenvalue weighted by Crippen LogP contribution is -2.48. The van der Waals surface area contributed by atoms with Crippen LogP contribution in [0.15, 0.2) is 0 Å². The summed E-state index contributed by atoms with van der Waals surface area (Å²) in [5.74, 6) is 0.662. The van der Waals surface area contributed by atoms with Gasteiger partial charge in [-0.15, -0.1) is 0 Å². The number of nitrogens with zero attached hydrogens (tertiary/aromatic N) is 1. The van der Waals surface area contributed by atoms with E-state index >= 15 is 0 Å². The SMILES string of the molecule is CNC(=O)C(CC(C)C)NC1CCCN(C)CC1. The van der Waals surface area contributed by atoms with Gasteiger partial charge in [-0.3, -0.25) is 4.79 Å². The number of hydrogen-bond acceptors (Lipinski definition) is 3. The number of amides is 1. The Morgan fingerprint density at radius 2 is 2.06 bits per heavy atom. The number of nitrogens with one attached hydrogen (secondary N) is 2. The minimum absolute atomic E-state index is 0.0385. The molecule has 2 N–H and O–H groups in total. The maximum absolute atomic E-state index is 11.9. The van der Waals surface area contributed by atoms with Crippen molar-refractivity contribution < 1.29 is 4.79 Å². The second-order valence-electron chi connectivity index (χ2n) is 5.89. The van der Waals surface area contributed by atoms with Crippen LogP contribution < -0.4 is 10.6 Å². The highest BCUT2D eigenvalue weighted by Crippen LogP contribution is 2.13. The van der Waals surface area contributed by atoms with Gasteiger partial charge < -0.3 is 15.5 Å². The van der Waals surface area contributed by atoms with Crippen LogP contribution in [0.25, 0.3) is 0 Å². The predicted octanol–water partition coefficient (Wildman–Crippen LogP) is 1.22. The Balaban J connectivity index is 2.50. The average molecular weight is 255 g/mol. The molecule has 0 aromatic heterocycles. The van der Waals surface area contributed by atoms with Crippen LogP contribution in [0, 0.1) is 5.92 Å². The molecule has 0 aliphatic carbocycles. The standard InChI is InChI=1S/C14H29N3O/c1-11(2)10-13(14(18)15-3)16-12-6-5-8-17(4)9-7-12/h11-13,16H,5-10H2,1-4H3,(H,15,18). The summed E-state index contributed by atoms with van der Waals surface area (Å²) >= 11 is 0. The van der Waals surface area contributed by atoms with Crippen molar-refractivity contribution in [1.29, 1.82) is 0 Å². The van der Waals surface area contributed by atoms with Crippen molar-refractivity contribution in [2.45, 2.75) is 51.6 Å². The van der Waals surface area contributed by atoms with Gasteiger partial charge >= 0.3 is 0 Å². The van der Waals surface area contributed by atoms with Crippen molar-refractivity contribution in [1.82, 2.24) is 15.5 Å². The number of likely N-dealkylation sites (tertiary alicyclic amines) is 1. The largest absolute Gasteiger partial charge is 0.358 e. The van der Waals surface area contributed by atoms with Gasteiger partial charge in [-0.2, -0.15) is 0 Å². The lowest BCUT2D eigenvalue weighted by molar-refractivity contribution is -0.123. The molecule has 1 aliphatic heterocycles. The van der Waals surface area contributed by atoms with Gasteiger partial charge in [0.2, 0.25) is 5.91 Å². The number of hydrogen-bond donors (Lipinski definition) is 2. The van der Waals surface area contributed by atoms with Gasteiger partial charge in [0.25, 0.3) is 0 Å². The summed E-state index contributed by atoms with van der Waals surface area (Å²) in [5, 5.41) is 6.33. The molecule has 1 aliphatic rings. The van der Waals surface area contributed by atoms with E-state index in [0.717, 1.165) is 19.4 Å². The van der Waals surface area contributed by atoms with E-state index in [1.807, 2.05) is 0 Å². The van der Waals surface area contributed by atoms with Gasteiger partial charge in [0.1, 0.15) is 0 Å². The highest BCUT2D eigenvalue weighted by atomic mass is 16.2. The summed E-state index contributed by atoms with van der Waals surface area (Å²) in [6.07, 6.45) is 4.44. The molecule has 4 heteroatoms. The van der Waals surface area contributed by atoms with Crippen molar-refractivity contribution in [3.63, 3.8) is 0 Å². The molecular weight excluding hydrogens is 226 g/mol. The van der Waals surface area contributed by atoms with Gasteiger partial charge in [-0.1, -0.05) is 13.8 Å². The molecule has 1 amide bonds. The van der Waals surface area contributed by atoms with Crippen LogP contribution in [0.5, 0.6) is 0 Å². The van der Waals surface area contributed by atoms with E-state index < -0.39 is 0 Å². The third-order valence-corrected chi connectivity index (χ3v) is 3.66. The van der Waals surface area contributed by atoms with Crippen LogP contribution in [-0.2, 0) is 4.79 Å². The Labute approximate surface area is 111 Å². The van der Waals surface area contributed by atoms with E-state index in [0.29, 0.717) is 12.0 Å². The van der Waals surface area contributed by atoms with Crippen LogP contribution in [0.1, 0.15) is 39.5 Å². The second kappa shape index (κ2) is 7.74. The van der Waals surface area contributed by atoms with Crippen LogP contribution in [-0.4, -0.2) is 50.1 Å². The van der Waals surface area contributed by atoms with Crippen LogP contribution in [0.3, 0.4) is 0 Å². The average Bonchev–Trinajstić information content (AvgIpc) is 2.52. The fourth-order valence-corrected chi connectivity index (χ4v) is 2.59. The van der Waals surface area contributed by atoms with Gasteiger partial charge in [0.15, 0.2) is 0 Å². The fraction of sp³-hybridized carbons (Fsp3) is 0.929. The van der Waals surface area contributed by atoms with Crippen molar-refractivity contribution in [3.8, 4) is 0 Å². The first-order valence-corrected chi connectivity index (χ1v) is 7.19. The first-order valence-electron chi connectivity index (χ1n) is 7.19. The number of carbonyl (C=O) groups is 1. The first-order chi connectivity index (χ1) is 8.52. The highest BCUT2D eigenvalue weighted by Gasteiger charge is 2.23. The van der Waals surface area contributed by atoms with Gasteiger partial charge in [0.05, 0.1) is 6.04 Å². The molecule has 0 aromatic carbocycles. The van der Waals surface area contributed by atoms with Crippen molar-refractivity contribution in [2.24, 2.45) is 5.92 Å². The van der Waals surface area contributed by atoms with Crippen molar-refractivity contribution >= 4 is 5.91 Å². The Morgan fingerprint density at radius 3 is 2.67 bits per heavy atom. The zero-order valence-electron chi connectivity index (χ0n) is 12.3. The monoisotopic (exact) mass is 255 g/mol. The molecule has 4 nitrogen and oxygen atoms in total. The first kappa shape index (κ1) is 15.4. The van der Waals surface area contributed by atoms with Gasteiger partial charge in [-0.05, 0) is 51.7 Å². The molecule has 1 heterocycles. The van der Waals surface area contributed by atoms with Gasteiger partial charge in [-0.25, -0.2) is 0 Å². The molecule has 1 saturated heterocycles. The van der Waals surface area contributed by atoms with Crippen molar-refractivity contribution in [2.75, 3.05) is 27.2 Å². The highest BCUT2D eigenvalue weighted by molar-refractivity contribution is 5.81. The maximum Gasteiger partial charge on any atom is 0.236 e. The smallest absolute Gasteiger partial charge is 0.236 e.